The van der Waals surface area contributed by atoms with Gasteiger partial charge in [-0.3, -0.25) is 0 Å². The molecule has 0 amide bonds. The summed E-state index contributed by atoms with van der Waals surface area (Å²) in [6.45, 7) is 3.17. The molecule has 0 saturated carbocycles. The van der Waals surface area contributed by atoms with Gasteiger partial charge in [0.2, 0.25) is 0 Å². The number of allylic oxidation sites excluding steroid dienone is 2. The largest absolute Gasteiger partial charge is 1.00 e. The van der Waals surface area contributed by atoms with E-state index in [1.54, 1.807) is 0 Å². The van der Waals surface area contributed by atoms with E-state index in [2.05, 4.69) is 6.58 Å². The molecule has 0 heterocycles. The molecule has 9 heavy (non-hydrogen) atoms. The number of rotatable bonds is 2. The Balaban J connectivity index is 0. The predicted molar refractivity (Wildman–Crippen MR) is 29.0 cm³/mol. The van der Waals surface area contributed by atoms with E-state index in [4.69, 9.17) is 0 Å². The van der Waals surface area contributed by atoms with Crippen LogP contribution in [0, 0.1) is 0 Å². The standard InChI is InChI=1S/C4H6O3S.Li/c1-2-3-4-8(5,6)7;/h2-4H,1H2,(H,5,6,7);/q;+1/p-1/b4-3+;. The topological polar surface area (TPSA) is 57.2 Å². The van der Waals surface area contributed by atoms with Gasteiger partial charge < -0.3 is 4.55 Å². The Morgan fingerprint density at radius 1 is 1.44 bits per heavy atom. The molecule has 0 radical (unpaired) electrons. The van der Waals surface area contributed by atoms with Crippen LogP contribution in [-0.2, 0) is 10.1 Å². The second-order valence-corrected chi connectivity index (χ2v) is 2.31. The number of hydrogen-bond donors (Lipinski definition) is 0. The third-order valence-corrected chi connectivity index (χ3v) is 0.872. The third-order valence-electron chi connectivity index (χ3n) is 0.381. The molecule has 0 aromatic rings. The first-order valence-corrected chi connectivity index (χ1v) is 3.28. The fraction of sp³-hybridized carbons (Fsp3) is 0. The van der Waals surface area contributed by atoms with Crippen molar-refractivity contribution in [2.45, 2.75) is 0 Å². The van der Waals surface area contributed by atoms with Gasteiger partial charge in [-0.2, -0.15) is 0 Å². The Morgan fingerprint density at radius 2 is 1.89 bits per heavy atom. The maximum atomic E-state index is 9.70. The van der Waals surface area contributed by atoms with Crippen molar-refractivity contribution in [3.05, 3.63) is 24.1 Å². The van der Waals surface area contributed by atoms with Gasteiger partial charge in [0.05, 0.1) is 0 Å². The van der Waals surface area contributed by atoms with E-state index in [9.17, 15) is 13.0 Å². The van der Waals surface area contributed by atoms with Gasteiger partial charge in [0, 0.05) is 5.41 Å². The summed E-state index contributed by atoms with van der Waals surface area (Å²) in [6, 6.07) is 0. The average Bonchev–Trinajstić information content (AvgIpc) is 1.59. The van der Waals surface area contributed by atoms with Crippen molar-refractivity contribution < 1.29 is 31.8 Å². The molecule has 0 aliphatic carbocycles. The van der Waals surface area contributed by atoms with Crippen LogP contribution in [0.5, 0.6) is 0 Å². The summed E-state index contributed by atoms with van der Waals surface area (Å²) in [6.07, 6.45) is 2.29. The summed E-state index contributed by atoms with van der Waals surface area (Å²) in [5, 5.41) is 0.542. The van der Waals surface area contributed by atoms with Crippen LogP contribution in [0.2, 0.25) is 0 Å². The molecule has 0 aliphatic heterocycles. The molecular formula is C4H5LiO3S. The summed E-state index contributed by atoms with van der Waals surface area (Å²) < 4.78 is 29.1. The van der Waals surface area contributed by atoms with E-state index in [-0.39, 0.29) is 18.9 Å². The minimum Gasteiger partial charge on any atom is -0.744 e. The van der Waals surface area contributed by atoms with Crippen LogP contribution >= 0.6 is 0 Å². The van der Waals surface area contributed by atoms with Gasteiger partial charge in [-0.25, -0.2) is 8.42 Å². The van der Waals surface area contributed by atoms with Gasteiger partial charge in [-0.05, 0) is 0 Å². The second kappa shape index (κ2) is 4.83. The molecule has 0 bridgehead atoms. The Bertz CT molecular complexity index is 192. The normalized spacial score (nSPS) is 10.8. The van der Waals surface area contributed by atoms with E-state index >= 15 is 0 Å². The minimum absolute atomic E-state index is 0. The second-order valence-electron chi connectivity index (χ2n) is 1.06. The smallest absolute Gasteiger partial charge is 0.744 e. The Kier molecular flexibility index (Phi) is 6.30. The van der Waals surface area contributed by atoms with Crippen molar-refractivity contribution in [3.63, 3.8) is 0 Å². The fourth-order valence-corrected chi connectivity index (χ4v) is 0.455. The van der Waals surface area contributed by atoms with Crippen molar-refractivity contribution in [2.24, 2.45) is 0 Å². The zero-order valence-electron chi connectivity index (χ0n) is 5.07. The molecule has 0 aromatic carbocycles. The van der Waals surface area contributed by atoms with Gasteiger partial charge in [-0.1, -0.05) is 18.7 Å². The molecule has 0 saturated heterocycles. The van der Waals surface area contributed by atoms with Crippen LogP contribution in [0.4, 0.5) is 0 Å². The summed E-state index contributed by atoms with van der Waals surface area (Å²) >= 11 is 0. The van der Waals surface area contributed by atoms with Crippen LogP contribution in [0.15, 0.2) is 24.1 Å². The van der Waals surface area contributed by atoms with Crippen molar-refractivity contribution in [1.82, 2.24) is 0 Å². The first-order chi connectivity index (χ1) is 3.56. The zero-order chi connectivity index (χ0) is 6.62. The number of hydrogen-bond acceptors (Lipinski definition) is 3. The van der Waals surface area contributed by atoms with Gasteiger partial charge in [0.1, 0.15) is 10.1 Å². The summed E-state index contributed by atoms with van der Waals surface area (Å²) in [5.41, 5.74) is 0. The molecule has 0 spiro atoms. The first-order valence-electron chi connectivity index (χ1n) is 1.81. The van der Waals surface area contributed by atoms with Gasteiger partial charge in [0.15, 0.2) is 0 Å². The quantitative estimate of drug-likeness (QED) is 0.237. The molecule has 0 aliphatic rings. The van der Waals surface area contributed by atoms with Crippen molar-refractivity contribution in [2.75, 3.05) is 0 Å². The molecule has 0 fully saturated rings. The van der Waals surface area contributed by atoms with Gasteiger partial charge >= 0.3 is 18.9 Å². The van der Waals surface area contributed by atoms with Gasteiger partial charge in [-0.15, -0.1) is 0 Å². The molecule has 0 atom stereocenters. The third kappa shape index (κ3) is 11.5. The molecule has 46 valence electrons. The van der Waals surface area contributed by atoms with E-state index in [1.807, 2.05) is 0 Å². The predicted octanol–water partition coefficient (Wildman–Crippen LogP) is -2.76. The monoisotopic (exact) mass is 140 g/mol. The molecule has 0 aromatic heterocycles. The van der Waals surface area contributed by atoms with Crippen molar-refractivity contribution in [1.29, 1.82) is 0 Å². The van der Waals surface area contributed by atoms with Crippen LogP contribution in [0.25, 0.3) is 0 Å². The molecular weight excluding hydrogens is 135 g/mol. The average molecular weight is 140 g/mol. The molecule has 0 N–H and O–H groups in total. The Hall–Kier alpha value is -0.0126. The summed E-state index contributed by atoms with van der Waals surface area (Å²) in [5.74, 6) is 0. The van der Waals surface area contributed by atoms with E-state index in [0.29, 0.717) is 5.41 Å². The molecule has 0 unspecified atom stereocenters. The zero-order valence-corrected chi connectivity index (χ0v) is 5.89. The van der Waals surface area contributed by atoms with Crippen LogP contribution < -0.4 is 18.9 Å². The minimum atomic E-state index is -4.19. The van der Waals surface area contributed by atoms with Crippen LogP contribution in [0.3, 0.4) is 0 Å². The van der Waals surface area contributed by atoms with E-state index < -0.39 is 10.1 Å². The Morgan fingerprint density at radius 3 is 2.00 bits per heavy atom. The fourth-order valence-electron chi connectivity index (χ4n) is 0.152. The summed E-state index contributed by atoms with van der Waals surface area (Å²) in [4.78, 5) is 0. The van der Waals surface area contributed by atoms with Crippen LogP contribution in [0.1, 0.15) is 0 Å². The van der Waals surface area contributed by atoms with Crippen LogP contribution in [-0.4, -0.2) is 13.0 Å². The SMILES string of the molecule is C=C/C=C/S(=O)(=O)[O-].[Li+]. The van der Waals surface area contributed by atoms with Crippen molar-refractivity contribution >= 4 is 10.1 Å². The molecule has 0 rings (SSSR count). The van der Waals surface area contributed by atoms with E-state index in [1.165, 1.54) is 6.08 Å². The van der Waals surface area contributed by atoms with Gasteiger partial charge in [0.25, 0.3) is 0 Å². The summed E-state index contributed by atoms with van der Waals surface area (Å²) in [7, 11) is -4.19. The first kappa shape index (κ1) is 11.7. The maximum absolute atomic E-state index is 9.70. The molecule has 3 nitrogen and oxygen atoms in total. The molecule has 5 heteroatoms. The maximum Gasteiger partial charge on any atom is 1.00 e. The van der Waals surface area contributed by atoms with E-state index in [0.717, 1.165) is 6.08 Å². The Labute approximate surface area is 66.4 Å². The van der Waals surface area contributed by atoms with Crippen molar-refractivity contribution in [3.8, 4) is 0 Å².